The van der Waals surface area contributed by atoms with Crippen LogP contribution in [-0.2, 0) is 4.79 Å². The molecule has 5 heteroatoms. The van der Waals surface area contributed by atoms with Gasteiger partial charge < -0.3 is 10.2 Å². The van der Waals surface area contributed by atoms with Crippen LogP contribution in [0.5, 0.6) is 0 Å². The molecule has 1 aromatic rings. The van der Waals surface area contributed by atoms with Gasteiger partial charge in [-0.05, 0) is 70.6 Å². The van der Waals surface area contributed by atoms with E-state index in [4.69, 9.17) is 4.98 Å². The van der Waals surface area contributed by atoms with Gasteiger partial charge in [0.25, 0.3) is 0 Å². The Kier molecular flexibility index (Phi) is 4.42. The molecule has 2 heterocycles. The van der Waals surface area contributed by atoms with Gasteiger partial charge in [0.1, 0.15) is 11.6 Å². The smallest absolute Gasteiger partial charge is 0.220 e. The minimum absolute atomic E-state index is 0.277. The molecule has 2 aliphatic carbocycles. The summed E-state index contributed by atoms with van der Waals surface area (Å²) in [7, 11) is 0. The van der Waals surface area contributed by atoms with E-state index in [-0.39, 0.29) is 5.91 Å². The third-order valence-electron chi connectivity index (χ3n) is 6.36. The second kappa shape index (κ2) is 6.58. The minimum atomic E-state index is 0.277. The van der Waals surface area contributed by atoms with Gasteiger partial charge in [-0.1, -0.05) is 0 Å². The Hall–Kier alpha value is -1.65. The molecule has 3 fully saturated rings. The van der Waals surface area contributed by atoms with Gasteiger partial charge in [-0.2, -0.15) is 0 Å². The number of nitrogens with one attached hydrogen (secondary N) is 1. The Morgan fingerprint density at radius 3 is 2.60 bits per heavy atom. The minimum Gasteiger partial charge on any atom is -0.356 e. The molecule has 1 amide bonds. The molecule has 0 aromatic carbocycles. The Balaban J connectivity index is 1.39. The fourth-order valence-electron chi connectivity index (χ4n) is 4.66. The van der Waals surface area contributed by atoms with E-state index in [0.29, 0.717) is 17.9 Å². The predicted molar refractivity (Wildman–Crippen MR) is 98.6 cm³/mol. The summed E-state index contributed by atoms with van der Waals surface area (Å²) < 4.78 is 0. The quantitative estimate of drug-likeness (QED) is 0.914. The number of carbonyl (C=O) groups excluding carboxylic acids is 1. The van der Waals surface area contributed by atoms with Crippen molar-refractivity contribution in [1.82, 2.24) is 15.3 Å². The number of fused-ring (bicyclic) bond motifs is 1. The number of anilines is 1. The van der Waals surface area contributed by atoms with Crippen molar-refractivity contribution in [3.05, 3.63) is 17.1 Å². The molecule has 25 heavy (non-hydrogen) atoms. The zero-order valence-corrected chi connectivity index (χ0v) is 15.7. The molecule has 3 unspecified atom stereocenters. The molecule has 0 bridgehead atoms. The molecular formula is C20H30N4O. The summed E-state index contributed by atoms with van der Waals surface area (Å²) in [5, 5.41) is 3.30. The summed E-state index contributed by atoms with van der Waals surface area (Å²) in [6.45, 7) is 8.35. The maximum absolute atomic E-state index is 12.1. The topological polar surface area (TPSA) is 58.1 Å². The summed E-state index contributed by atoms with van der Waals surface area (Å²) in [5.41, 5.74) is 2.29. The lowest BCUT2D eigenvalue weighted by atomic mass is 9.79. The van der Waals surface area contributed by atoms with Crippen LogP contribution < -0.4 is 10.2 Å². The molecule has 5 nitrogen and oxygen atoms in total. The van der Waals surface area contributed by atoms with Crippen molar-refractivity contribution in [2.24, 2.45) is 17.8 Å². The van der Waals surface area contributed by atoms with Gasteiger partial charge in [0.05, 0.1) is 0 Å². The lowest BCUT2D eigenvalue weighted by molar-refractivity contribution is -0.122. The van der Waals surface area contributed by atoms with Gasteiger partial charge in [0, 0.05) is 36.8 Å². The van der Waals surface area contributed by atoms with Crippen LogP contribution in [0.1, 0.15) is 55.6 Å². The highest BCUT2D eigenvalue weighted by atomic mass is 16.1. The van der Waals surface area contributed by atoms with E-state index in [0.717, 1.165) is 55.6 Å². The summed E-state index contributed by atoms with van der Waals surface area (Å²) in [6, 6.07) is 0.377. The van der Waals surface area contributed by atoms with Gasteiger partial charge in [-0.3, -0.25) is 4.79 Å². The largest absolute Gasteiger partial charge is 0.356 e. The molecule has 4 rings (SSSR count). The van der Waals surface area contributed by atoms with Crippen molar-refractivity contribution in [3.8, 4) is 0 Å². The Morgan fingerprint density at radius 1 is 1.08 bits per heavy atom. The van der Waals surface area contributed by atoms with Gasteiger partial charge in [0.15, 0.2) is 0 Å². The second-order valence-corrected chi connectivity index (χ2v) is 8.45. The highest BCUT2D eigenvalue weighted by molar-refractivity contribution is 5.76. The number of nitrogens with zero attached hydrogens (tertiary/aromatic N) is 3. The number of rotatable bonds is 4. The SMILES string of the molecule is Cc1nc(C)c(C)c(N2CC3CCC(NC(=O)CC4CC4)CC3C2)n1. The van der Waals surface area contributed by atoms with E-state index >= 15 is 0 Å². The Morgan fingerprint density at radius 2 is 1.84 bits per heavy atom. The first-order valence-corrected chi connectivity index (χ1v) is 9.85. The fourth-order valence-corrected chi connectivity index (χ4v) is 4.66. The maximum Gasteiger partial charge on any atom is 0.220 e. The van der Waals surface area contributed by atoms with Crippen LogP contribution in [0.15, 0.2) is 0 Å². The van der Waals surface area contributed by atoms with Gasteiger partial charge >= 0.3 is 0 Å². The number of carbonyl (C=O) groups is 1. The molecule has 3 atom stereocenters. The lowest BCUT2D eigenvalue weighted by Crippen LogP contribution is -2.40. The molecule has 2 saturated carbocycles. The van der Waals surface area contributed by atoms with Gasteiger partial charge in [0.2, 0.25) is 5.91 Å². The Labute approximate surface area is 150 Å². The van der Waals surface area contributed by atoms with Gasteiger partial charge in [-0.15, -0.1) is 0 Å². The molecule has 1 saturated heterocycles. The lowest BCUT2D eigenvalue weighted by Gasteiger charge is -2.31. The summed E-state index contributed by atoms with van der Waals surface area (Å²) in [5.74, 6) is 4.35. The number of amides is 1. The first-order valence-electron chi connectivity index (χ1n) is 9.85. The number of hydrogen-bond donors (Lipinski definition) is 1. The van der Waals surface area contributed by atoms with Crippen molar-refractivity contribution in [1.29, 1.82) is 0 Å². The number of aryl methyl sites for hydroxylation is 2. The third kappa shape index (κ3) is 3.65. The molecule has 0 spiro atoms. The summed E-state index contributed by atoms with van der Waals surface area (Å²) >= 11 is 0. The molecular weight excluding hydrogens is 312 g/mol. The predicted octanol–water partition coefficient (Wildman–Crippen LogP) is 2.92. The van der Waals surface area contributed by atoms with Crippen molar-refractivity contribution in [2.75, 3.05) is 18.0 Å². The first kappa shape index (κ1) is 16.8. The normalized spacial score (nSPS) is 28.8. The van der Waals surface area contributed by atoms with Crippen LogP contribution in [0.25, 0.3) is 0 Å². The standard InChI is InChI=1S/C20H30N4O/c1-12-13(2)21-14(3)22-20(12)24-10-16-6-7-18(9-17(16)11-24)23-19(25)8-15-4-5-15/h15-18H,4-11H2,1-3H3,(H,23,25). The molecule has 3 aliphatic rings. The van der Waals surface area contributed by atoms with Crippen LogP contribution in [0, 0.1) is 38.5 Å². The second-order valence-electron chi connectivity index (χ2n) is 8.45. The van der Waals surface area contributed by atoms with E-state index < -0.39 is 0 Å². The number of hydrogen-bond acceptors (Lipinski definition) is 4. The highest BCUT2D eigenvalue weighted by Gasteiger charge is 2.39. The van der Waals surface area contributed by atoms with Crippen LogP contribution in [0.3, 0.4) is 0 Å². The van der Waals surface area contributed by atoms with Crippen LogP contribution in [0.2, 0.25) is 0 Å². The van der Waals surface area contributed by atoms with E-state index in [2.05, 4.69) is 29.0 Å². The van der Waals surface area contributed by atoms with E-state index in [1.165, 1.54) is 24.8 Å². The Bertz CT molecular complexity index is 670. The highest BCUT2D eigenvalue weighted by Crippen LogP contribution is 2.39. The molecule has 1 N–H and O–H groups in total. The zero-order valence-electron chi connectivity index (χ0n) is 15.7. The molecule has 136 valence electrons. The van der Waals surface area contributed by atoms with Crippen LogP contribution in [-0.4, -0.2) is 35.0 Å². The molecule has 0 radical (unpaired) electrons. The third-order valence-corrected chi connectivity index (χ3v) is 6.36. The maximum atomic E-state index is 12.1. The summed E-state index contributed by atoms with van der Waals surface area (Å²) in [6.07, 6.45) is 6.71. The zero-order chi connectivity index (χ0) is 17.6. The monoisotopic (exact) mass is 342 g/mol. The van der Waals surface area contributed by atoms with Crippen molar-refractivity contribution in [3.63, 3.8) is 0 Å². The first-order chi connectivity index (χ1) is 12.0. The van der Waals surface area contributed by atoms with Crippen LogP contribution in [0.4, 0.5) is 5.82 Å². The fraction of sp³-hybridized carbons (Fsp3) is 0.750. The molecule has 1 aliphatic heterocycles. The van der Waals surface area contributed by atoms with Crippen LogP contribution >= 0.6 is 0 Å². The molecule has 1 aromatic heterocycles. The average molecular weight is 342 g/mol. The van der Waals surface area contributed by atoms with Crippen molar-refractivity contribution < 1.29 is 4.79 Å². The van der Waals surface area contributed by atoms with E-state index in [1.54, 1.807) is 0 Å². The average Bonchev–Trinajstić information content (AvgIpc) is 3.26. The van der Waals surface area contributed by atoms with Crippen molar-refractivity contribution in [2.45, 2.75) is 65.3 Å². The summed E-state index contributed by atoms with van der Waals surface area (Å²) in [4.78, 5) is 23.8. The van der Waals surface area contributed by atoms with Crippen molar-refractivity contribution >= 4 is 11.7 Å². The van der Waals surface area contributed by atoms with Gasteiger partial charge in [-0.25, -0.2) is 9.97 Å². The number of aromatic nitrogens is 2. The van der Waals surface area contributed by atoms with E-state index in [1.807, 2.05) is 6.92 Å². The van der Waals surface area contributed by atoms with E-state index in [9.17, 15) is 4.79 Å².